The van der Waals surface area contributed by atoms with E-state index in [1.807, 2.05) is 4.90 Å². The Bertz CT molecular complexity index is 347. The third-order valence-corrected chi connectivity index (χ3v) is 4.22. The van der Waals surface area contributed by atoms with E-state index in [9.17, 15) is 14.7 Å². The number of rotatable bonds is 4. The number of nitrogens with one attached hydrogen (secondary N) is 1. The molecule has 3 N–H and O–H groups in total. The highest BCUT2D eigenvalue weighted by atomic mass is 16.4. The summed E-state index contributed by atoms with van der Waals surface area (Å²) in [5.74, 6) is -1.28. The van der Waals surface area contributed by atoms with Crippen molar-refractivity contribution in [2.75, 3.05) is 6.54 Å². The van der Waals surface area contributed by atoms with Crippen molar-refractivity contribution >= 4 is 12.0 Å². The second kappa shape index (κ2) is 5.77. The summed E-state index contributed by atoms with van der Waals surface area (Å²) in [5, 5.41) is 21.2. The number of urea groups is 1. The molecule has 0 aliphatic carbocycles. The zero-order valence-electron chi connectivity index (χ0n) is 11.2. The van der Waals surface area contributed by atoms with Gasteiger partial charge in [0.25, 0.3) is 0 Å². The van der Waals surface area contributed by atoms with Crippen LogP contribution in [0, 0.1) is 5.92 Å². The maximum Gasteiger partial charge on any atom is 0.317 e. The standard InChI is InChI=1S/C13H22N2O4/c1-8(12(17)18)4-5-14-13(19)15-9-2-3-10(15)7-11(16)6-9/h8-11,16H,2-7H2,1H3,(H,14,19)(H,17,18). The van der Waals surface area contributed by atoms with Crippen LogP contribution in [0.5, 0.6) is 0 Å². The number of amides is 2. The van der Waals surface area contributed by atoms with E-state index in [2.05, 4.69) is 5.32 Å². The topological polar surface area (TPSA) is 89.9 Å². The summed E-state index contributed by atoms with van der Waals surface area (Å²) in [6.07, 6.45) is 3.40. The van der Waals surface area contributed by atoms with Gasteiger partial charge in [0.2, 0.25) is 0 Å². The first-order valence-corrected chi connectivity index (χ1v) is 6.96. The Labute approximate surface area is 112 Å². The van der Waals surface area contributed by atoms with Gasteiger partial charge in [0, 0.05) is 18.6 Å². The van der Waals surface area contributed by atoms with Gasteiger partial charge < -0.3 is 20.4 Å². The predicted octanol–water partition coefficient (Wildman–Crippen LogP) is 0.794. The quantitative estimate of drug-likeness (QED) is 0.704. The molecule has 0 aromatic heterocycles. The molecular formula is C13H22N2O4. The molecule has 2 amide bonds. The van der Waals surface area contributed by atoms with Gasteiger partial charge in [-0.25, -0.2) is 4.79 Å². The molecule has 0 aromatic carbocycles. The molecule has 0 spiro atoms. The Morgan fingerprint density at radius 3 is 2.42 bits per heavy atom. The number of aliphatic hydroxyl groups excluding tert-OH is 1. The van der Waals surface area contributed by atoms with Crippen molar-refractivity contribution in [1.29, 1.82) is 0 Å². The van der Waals surface area contributed by atoms with Crippen molar-refractivity contribution in [3.63, 3.8) is 0 Å². The van der Waals surface area contributed by atoms with E-state index in [1.54, 1.807) is 6.92 Å². The molecule has 2 aliphatic rings. The number of piperidine rings is 1. The van der Waals surface area contributed by atoms with Crippen LogP contribution in [0.25, 0.3) is 0 Å². The largest absolute Gasteiger partial charge is 0.481 e. The van der Waals surface area contributed by atoms with Gasteiger partial charge in [-0.05, 0) is 32.1 Å². The second-order valence-electron chi connectivity index (χ2n) is 5.68. The van der Waals surface area contributed by atoms with Crippen molar-refractivity contribution in [3.05, 3.63) is 0 Å². The van der Waals surface area contributed by atoms with Crippen LogP contribution in [0.1, 0.15) is 39.0 Å². The lowest BCUT2D eigenvalue weighted by Gasteiger charge is -2.37. The number of carboxylic acids is 1. The number of fused-ring (bicyclic) bond motifs is 2. The molecule has 2 aliphatic heterocycles. The first-order chi connectivity index (χ1) is 8.99. The summed E-state index contributed by atoms with van der Waals surface area (Å²) in [6.45, 7) is 2.01. The van der Waals surface area contributed by atoms with Crippen molar-refractivity contribution < 1.29 is 19.8 Å². The molecule has 0 aromatic rings. The molecule has 3 unspecified atom stereocenters. The fraction of sp³-hybridized carbons (Fsp3) is 0.846. The van der Waals surface area contributed by atoms with Crippen molar-refractivity contribution in [2.45, 2.75) is 57.2 Å². The van der Waals surface area contributed by atoms with Crippen molar-refractivity contribution in [1.82, 2.24) is 10.2 Å². The fourth-order valence-corrected chi connectivity index (χ4v) is 3.09. The van der Waals surface area contributed by atoms with Crippen LogP contribution in [0.15, 0.2) is 0 Å². The monoisotopic (exact) mass is 270 g/mol. The molecule has 2 rings (SSSR count). The summed E-state index contributed by atoms with van der Waals surface area (Å²) in [7, 11) is 0. The molecule has 6 heteroatoms. The molecule has 6 nitrogen and oxygen atoms in total. The Balaban J connectivity index is 1.79. The molecule has 0 saturated carbocycles. The highest BCUT2D eigenvalue weighted by Crippen LogP contribution is 2.35. The number of nitrogens with zero attached hydrogens (tertiary/aromatic N) is 1. The molecule has 0 radical (unpaired) electrons. The Hall–Kier alpha value is -1.30. The molecule has 2 fully saturated rings. The van der Waals surface area contributed by atoms with Crippen LogP contribution in [-0.4, -0.2) is 51.8 Å². The van der Waals surface area contributed by atoms with Gasteiger partial charge in [-0.15, -0.1) is 0 Å². The van der Waals surface area contributed by atoms with Gasteiger partial charge in [-0.3, -0.25) is 4.79 Å². The number of hydrogen-bond donors (Lipinski definition) is 3. The smallest absolute Gasteiger partial charge is 0.317 e. The normalized spacial score (nSPS) is 31.1. The second-order valence-corrected chi connectivity index (χ2v) is 5.68. The zero-order chi connectivity index (χ0) is 14.0. The minimum atomic E-state index is -0.838. The Kier molecular flexibility index (Phi) is 4.29. The van der Waals surface area contributed by atoms with Crippen LogP contribution in [0.3, 0.4) is 0 Å². The van der Waals surface area contributed by atoms with Crippen molar-refractivity contribution in [3.8, 4) is 0 Å². The zero-order valence-corrected chi connectivity index (χ0v) is 11.2. The van der Waals surface area contributed by atoms with Gasteiger partial charge in [-0.1, -0.05) is 6.92 Å². The SMILES string of the molecule is CC(CCNC(=O)N1C2CCC1CC(O)C2)C(=O)O. The van der Waals surface area contributed by atoms with E-state index in [4.69, 9.17) is 5.11 Å². The van der Waals surface area contributed by atoms with Crippen LogP contribution in [0.4, 0.5) is 4.79 Å². The molecule has 2 saturated heterocycles. The highest BCUT2D eigenvalue weighted by Gasteiger charge is 2.42. The first kappa shape index (κ1) is 14.1. The summed E-state index contributed by atoms with van der Waals surface area (Å²) < 4.78 is 0. The van der Waals surface area contributed by atoms with Crippen LogP contribution < -0.4 is 5.32 Å². The van der Waals surface area contributed by atoms with Gasteiger partial charge >= 0.3 is 12.0 Å². The summed E-state index contributed by atoms with van der Waals surface area (Å²) in [5.41, 5.74) is 0. The van der Waals surface area contributed by atoms with E-state index in [1.165, 1.54) is 0 Å². The van der Waals surface area contributed by atoms with Gasteiger partial charge in [0.15, 0.2) is 0 Å². The summed E-state index contributed by atoms with van der Waals surface area (Å²) in [6, 6.07) is 0.174. The lowest BCUT2D eigenvalue weighted by Crippen LogP contribution is -2.52. The average Bonchev–Trinajstić information content (AvgIpc) is 2.61. The molecule has 3 atom stereocenters. The molecule has 2 bridgehead atoms. The lowest BCUT2D eigenvalue weighted by molar-refractivity contribution is -0.141. The highest BCUT2D eigenvalue weighted by molar-refractivity contribution is 5.75. The number of carbonyl (C=O) groups is 2. The van der Waals surface area contributed by atoms with E-state index < -0.39 is 11.9 Å². The van der Waals surface area contributed by atoms with Crippen molar-refractivity contribution in [2.24, 2.45) is 5.92 Å². The fourth-order valence-electron chi connectivity index (χ4n) is 3.09. The number of aliphatic carboxylic acids is 1. The Morgan fingerprint density at radius 2 is 1.89 bits per heavy atom. The third-order valence-electron chi connectivity index (χ3n) is 4.22. The van der Waals surface area contributed by atoms with E-state index in [0.717, 1.165) is 12.8 Å². The number of carbonyl (C=O) groups excluding carboxylic acids is 1. The minimum absolute atomic E-state index is 0.114. The van der Waals surface area contributed by atoms with E-state index in [0.29, 0.717) is 25.8 Å². The minimum Gasteiger partial charge on any atom is -0.481 e. The maximum absolute atomic E-state index is 12.1. The molecular weight excluding hydrogens is 248 g/mol. The maximum atomic E-state index is 12.1. The van der Waals surface area contributed by atoms with E-state index in [-0.39, 0.29) is 24.2 Å². The van der Waals surface area contributed by atoms with E-state index >= 15 is 0 Å². The number of carboxylic acid groups (broad SMARTS) is 1. The predicted molar refractivity (Wildman–Crippen MR) is 68.7 cm³/mol. The third kappa shape index (κ3) is 3.18. The summed E-state index contributed by atoms with van der Waals surface area (Å²) >= 11 is 0. The summed E-state index contributed by atoms with van der Waals surface area (Å²) in [4.78, 5) is 24.6. The molecule has 2 heterocycles. The number of aliphatic hydroxyl groups is 1. The lowest BCUT2D eigenvalue weighted by atomic mass is 10.0. The number of hydrogen-bond acceptors (Lipinski definition) is 3. The van der Waals surface area contributed by atoms with Crippen LogP contribution in [-0.2, 0) is 4.79 Å². The molecule has 108 valence electrons. The van der Waals surface area contributed by atoms with Crippen LogP contribution in [0.2, 0.25) is 0 Å². The Morgan fingerprint density at radius 1 is 1.32 bits per heavy atom. The first-order valence-electron chi connectivity index (χ1n) is 6.96. The van der Waals surface area contributed by atoms with Gasteiger partial charge in [0.1, 0.15) is 0 Å². The molecule has 19 heavy (non-hydrogen) atoms. The average molecular weight is 270 g/mol. The van der Waals surface area contributed by atoms with Crippen LogP contribution >= 0.6 is 0 Å². The van der Waals surface area contributed by atoms with Gasteiger partial charge in [0.05, 0.1) is 12.0 Å². The van der Waals surface area contributed by atoms with Gasteiger partial charge in [-0.2, -0.15) is 0 Å².